The number of Topliss-reactive ketones (excluding diaryl/α,β-unsaturated/α-hetero) is 1. The molecule has 2 N–H and O–H groups in total. The van der Waals surface area contributed by atoms with Crippen LogP contribution in [0.1, 0.15) is 29.7 Å². The van der Waals surface area contributed by atoms with E-state index in [1.54, 1.807) is 55.5 Å². The van der Waals surface area contributed by atoms with E-state index in [0.717, 1.165) is 5.56 Å². The zero-order valence-electron chi connectivity index (χ0n) is 19.4. The predicted molar refractivity (Wildman–Crippen MR) is 133 cm³/mol. The minimum atomic E-state index is -1.02. The number of rotatable bonds is 5. The Morgan fingerprint density at radius 1 is 1.08 bits per heavy atom. The smallest absolute Gasteiger partial charge is 0.300 e. The lowest BCUT2D eigenvalue weighted by atomic mass is 9.94. The molecular formula is C27H22ClNO7. The number of fused-ring (bicyclic) bond motifs is 1. The Balaban J connectivity index is 1.72. The topological polar surface area (TPSA) is 106 Å². The van der Waals surface area contributed by atoms with Crippen molar-refractivity contribution in [3.05, 3.63) is 81.9 Å². The maximum Gasteiger partial charge on any atom is 0.300 e. The molecule has 0 radical (unpaired) electrons. The number of aliphatic hydroxyl groups excluding tert-OH is 1. The molecule has 3 aromatic carbocycles. The molecule has 1 fully saturated rings. The van der Waals surface area contributed by atoms with Crippen LogP contribution in [0, 0.1) is 6.92 Å². The number of aliphatic hydroxyl groups is 1. The molecule has 1 atom stereocenters. The van der Waals surface area contributed by atoms with E-state index in [0.29, 0.717) is 34.4 Å². The second kappa shape index (κ2) is 9.13. The van der Waals surface area contributed by atoms with Crippen molar-refractivity contribution >= 4 is 34.7 Å². The summed E-state index contributed by atoms with van der Waals surface area (Å²) in [4.78, 5) is 28.0. The molecule has 36 heavy (non-hydrogen) atoms. The number of phenols is 1. The minimum Gasteiger partial charge on any atom is -0.507 e. The lowest BCUT2D eigenvalue weighted by Crippen LogP contribution is -2.29. The standard InChI is InChI=1S/C27H22ClNO7/c1-3-34-21-10-15(5-8-19(21)30)24-23(25(31)16-6-9-20-22(11-16)36-13-35-20)26(32)27(33)29(24)17-7-4-14(2)18(28)12-17/h4-12,24,30-31H,3,13H2,1-2H3/b25-23+. The molecule has 0 aliphatic carbocycles. The number of hydrogen-bond acceptors (Lipinski definition) is 7. The summed E-state index contributed by atoms with van der Waals surface area (Å²) < 4.78 is 16.3. The molecule has 2 aliphatic rings. The number of benzene rings is 3. The number of carbonyl (C=O) groups excluding carboxylic acids is 2. The maximum atomic E-state index is 13.4. The van der Waals surface area contributed by atoms with Gasteiger partial charge in [0.15, 0.2) is 23.0 Å². The number of nitrogens with zero attached hydrogens (tertiary/aromatic N) is 1. The summed E-state index contributed by atoms with van der Waals surface area (Å²) in [6.45, 7) is 3.94. The molecule has 1 amide bonds. The fourth-order valence-electron chi connectivity index (χ4n) is 4.32. The van der Waals surface area contributed by atoms with Crippen LogP contribution in [0.15, 0.2) is 60.2 Å². The van der Waals surface area contributed by atoms with Gasteiger partial charge in [-0.15, -0.1) is 0 Å². The molecule has 0 bridgehead atoms. The molecule has 184 valence electrons. The van der Waals surface area contributed by atoms with Crippen LogP contribution in [0.2, 0.25) is 5.02 Å². The summed E-state index contributed by atoms with van der Waals surface area (Å²) in [5.74, 6) is -1.04. The highest BCUT2D eigenvalue weighted by molar-refractivity contribution is 6.51. The van der Waals surface area contributed by atoms with E-state index in [9.17, 15) is 19.8 Å². The molecule has 3 aromatic rings. The number of aromatic hydroxyl groups is 1. The van der Waals surface area contributed by atoms with Crippen molar-refractivity contribution in [3.8, 4) is 23.0 Å². The Morgan fingerprint density at radius 2 is 1.86 bits per heavy atom. The highest BCUT2D eigenvalue weighted by atomic mass is 35.5. The normalized spacial score (nSPS) is 18.1. The van der Waals surface area contributed by atoms with Crippen LogP contribution >= 0.6 is 11.6 Å². The summed E-state index contributed by atoms with van der Waals surface area (Å²) >= 11 is 6.34. The average Bonchev–Trinajstić information content (AvgIpc) is 3.44. The second-order valence-electron chi connectivity index (χ2n) is 8.33. The first-order valence-electron chi connectivity index (χ1n) is 11.2. The molecule has 9 heteroatoms. The average molecular weight is 508 g/mol. The fourth-order valence-corrected chi connectivity index (χ4v) is 4.49. The van der Waals surface area contributed by atoms with Crippen molar-refractivity contribution in [3.63, 3.8) is 0 Å². The van der Waals surface area contributed by atoms with E-state index in [4.69, 9.17) is 25.8 Å². The largest absolute Gasteiger partial charge is 0.507 e. The van der Waals surface area contributed by atoms with Gasteiger partial charge in [0.2, 0.25) is 6.79 Å². The van der Waals surface area contributed by atoms with E-state index in [1.807, 2.05) is 6.92 Å². The van der Waals surface area contributed by atoms with E-state index in [-0.39, 0.29) is 35.2 Å². The summed E-state index contributed by atoms with van der Waals surface area (Å²) in [5.41, 5.74) is 1.80. The monoisotopic (exact) mass is 507 g/mol. The van der Waals surface area contributed by atoms with Crippen molar-refractivity contribution in [2.45, 2.75) is 19.9 Å². The number of carbonyl (C=O) groups is 2. The van der Waals surface area contributed by atoms with E-state index in [1.165, 1.54) is 11.0 Å². The second-order valence-corrected chi connectivity index (χ2v) is 8.74. The zero-order chi connectivity index (χ0) is 25.6. The van der Waals surface area contributed by atoms with Gasteiger partial charge in [0, 0.05) is 16.3 Å². The molecule has 8 nitrogen and oxygen atoms in total. The SMILES string of the molecule is CCOc1cc(C2/C(=C(\O)c3ccc4c(c3)OCO4)C(=O)C(=O)N2c2ccc(C)c(Cl)c2)ccc1O. The first kappa shape index (κ1) is 23.6. The Bertz CT molecular complexity index is 1430. The van der Waals surface area contributed by atoms with Gasteiger partial charge in [0.05, 0.1) is 18.2 Å². The number of phenolic OH excluding ortho intramolecular Hbond substituents is 1. The molecule has 1 unspecified atom stereocenters. The van der Waals surface area contributed by atoms with Crippen LogP contribution < -0.4 is 19.1 Å². The minimum absolute atomic E-state index is 0.0475. The number of ether oxygens (including phenoxy) is 3. The van der Waals surface area contributed by atoms with Crippen LogP contribution in [0.4, 0.5) is 5.69 Å². The zero-order valence-corrected chi connectivity index (χ0v) is 20.2. The Labute approximate surface area is 211 Å². The number of halogens is 1. The molecule has 1 saturated heterocycles. The summed E-state index contributed by atoms with van der Waals surface area (Å²) in [5, 5.41) is 22.0. The predicted octanol–water partition coefficient (Wildman–Crippen LogP) is 5.11. The molecule has 2 aliphatic heterocycles. The Kier molecular flexibility index (Phi) is 5.97. The van der Waals surface area contributed by atoms with Gasteiger partial charge < -0.3 is 24.4 Å². The van der Waals surface area contributed by atoms with Crippen molar-refractivity contribution in [2.75, 3.05) is 18.3 Å². The van der Waals surface area contributed by atoms with Crippen molar-refractivity contribution in [2.24, 2.45) is 0 Å². The number of anilines is 1. The van der Waals surface area contributed by atoms with Crippen LogP contribution in [0.3, 0.4) is 0 Å². The van der Waals surface area contributed by atoms with Gasteiger partial charge in [-0.2, -0.15) is 0 Å². The molecule has 0 spiro atoms. The van der Waals surface area contributed by atoms with Gasteiger partial charge in [0.25, 0.3) is 11.7 Å². The Morgan fingerprint density at radius 3 is 2.61 bits per heavy atom. The maximum absolute atomic E-state index is 13.4. The Hall–Kier alpha value is -4.17. The summed E-state index contributed by atoms with van der Waals surface area (Å²) in [6.07, 6.45) is 0. The molecule has 0 saturated carbocycles. The van der Waals surface area contributed by atoms with Gasteiger partial charge in [-0.05, 0) is 67.4 Å². The number of amides is 1. The summed E-state index contributed by atoms with van der Waals surface area (Å²) in [6, 6.07) is 13.3. The molecular weight excluding hydrogens is 486 g/mol. The first-order valence-corrected chi connectivity index (χ1v) is 11.6. The highest BCUT2D eigenvalue weighted by Crippen LogP contribution is 2.45. The van der Waals surface area contributed by atoms with Gasteiger partial charge in [-0.3, -0.25) is 14.5 Å². The highest BCUT2D eigenvalue weighted by Gasteiger charge is 2.47. The van der Waals surface area contributed by atoms with E-state index in [2.05, 4.69) is 0 Å². The van der Waals surface area contributed by atoms with Crippen LogP contribution in [-0.2, 0) is 9.59 Å². The molecule has 2 heterocycles. The van der Waals surface area contributed by atoms with Gasteiger partial charge in [0.1, 0.15) is 5.76 Å². The van der Waals surface area contributed by atoms with Crippen LogP contribution in [0.25, 0.3) is 5.76 Å². The lowest BCUT2D eigenvalue weighted by Gasteiger charge is -2.26. The third-order valence-electron chi connectivity index (χ3n) is 6.12. The van der Waals surface area contributed by atoms with E-state index >= 15 is 0 Å². The van der Waals surface area contributed by atoms with E-state index < -0.39 is 17.7 Å². The molecule has 0 aromatic heterocycles. The third-order valence-corrected chi connectivity index (χ3v) is 6.53. The third kappa shape index (κ3) is 3.89. The van der Waals surface area contributed by atoms with Crippen LogP contribution in [0.5, 0.6) is 23.0 Å². The first-order chi connectivity index (χ1) is 17.3. The van der Waals surface area contributed by atoms with Crippen LogP contribution in [-0.4, -0.2) is 35.3 Å². The fraction of sp³-hybridized carbons (Fsp3) is 0.185. The summed E-state index contributed by atoms with van der Waals surface area (Å²) in [7, 11) is 0. The van der Waals surface area contributed by atoms with Gasteiger partial charge in [-0.25, -0.2) is 0 Å². The quantitative estimate of drug-likeness (QED) is 0.281. The lowest BCUT2D eigenvalue weighted by molar-refractivity contribution is -0.132. The number of hydrogen-bond donors (Lipinski definition) is 2. The number of ketones is 1. The van der Waals surface area contributed by atoms with Gasteiger partial charge >= 0.3 is 0 Å². The number of aryl methyl sites for hydroxylation is 1. The van der Waals surface area contributed by atoms with Crippen molar-refractivity contribution < 1.29 is 34.0 Å². The van der Waals surface area contributed by atoms with Crippen molar-refractivity contribution in [1.82, 2.24) is 0 Å². The van der Waals surface area contributed by atoms with Gasteiger partial charge in [-0.1, -0.05) is 23.7 Å². The molecule has 5 rings (SSSR count). The van der Waals surface area contributed by atoms with Crippen molar-refractivity contribution in [1.29, 1.82) is 0 Å².